The van der Waals surface area contributed by atoms with E-state index in [1.807, 2.05) is 6.92 Å². The summed E-state index contributed by atoms with van der Waals surface area (Å²) in [6.07, 6.45) is 5.18. The summed E-state index contributed by atoms with van der Waals surface area (Å²) >= 11 is 3.39. The number of hydrogen-bond donors (Lipinski definition) is 2. The summed E-state index contributed by atoms with van der Waals surface area (Å²) in [5, 5.41) is 21.5. The Balaban J connectivity index is 1.98. The van der Waals surface area contributed by atoms with Gasteiger partial charge in [0.15, 0.2) is 11.5 Å². The molecule has 38 heavy (non-hydrogen) atoms. The zero-order valence-electron chi connectivity index (χ0n) is 22.6. The van der Waals surface area contributed by atoms with Gasteiger partial charge < -0.3 is 24.7 Å². The van der Waals surface area contributed by atoms with Crippen LogP contribution in [-0.2, 0) is 9.59 Å². The molecule has 1 fully saturated rings. The minimum absolute atomic E-state index is 0.0250. The highest BCUT2D eigenvalue weighted by Gasteiger charge is 2.46. The van der Waals surface area contributed by atoms with Crippen molar-refractivity contribution in [2.75, 3.05) is 32.8 Å². The lowest BCUT2D eigenvalue weighted by atomic mass is 9.95. The molecule has 3 rings (SSSR count). The number of nitrogens with zero attached hydrogens (tertiary/aromatic N) is 2. The number of carbonyl (C=O) groups is 2. The van der Waals surface area contributed by atoms with Gasteiger partial charge >= 0.3 is 0 Å². The first-order valence-corrected chi connectivity index (χ1v) is 14.3. The molecule has 1 heterocycles. The van der Waals surface area contributed by atoms with Gasteiger partial charge in [-0.3, -0.25) is 9.59 Å². The molecule has 8 heteroatoms. The van der Waals surface area contributed by atoms with Crippen molar-refractivity contribution < 1.29 is 24.5 Å². The first-order chi connectivity index (χ1) is 18.3. The van der Waals surface area contributed by atoms with E-state index < -0.39 is 17.7 Å². The van der Waals surface area contributed by atoms with Crippen LogP contribution in [0.5, 0.6) is 11.5 Å². The Morgan fingerprint density at radius 3 is 2.21 bits per heavy atom. The maximum Gasteiger partial charge on any atom is 0.295 e. The number of unbranched alkanes of at least 4 members (excludes halogenated alkanes) is 2. The van der Waals surface area contributed by atoms with E-state index in [9.17, 15) is 19.8 Å². The Bertz CT molecular complexity index is 1120. The smallest absolute Gasteiger partial charge is 0.295 e. The van der Waals surface area contributed by atoms with Gasteiger partial charge in [-0.25, -0.2) is 0 Å². The number of likely N-dealkylation sites (tertiary alicyclic amines) is 1. The van der Waals surface area contributed by atoms with Crippen LogP contribution in [0.2, 0.25) is 0 Å². The van der Waals surface area contributed by atoms with Crippen LogP contribution in [0.4, 0.5) is 0 Å². The highest BCUT2D eigenvalue weighted by Crippen LogP contribution is 2.42. The maximum atomic E-state index is 13.3. The number of aliphatic hydroxyl groups is 1. The molecule has 1 amide bonds. The largest absolute Gasteiger partial charge is 0.507 e. The van der Waals surface area contributed by atoms with Crippen LogP contribution in [0.3, 0.4) is 0 Å². The van der Waals surface area contributed by atoms with E-state index in [0.29, 0.717) is 30.7 Å². The van der Waals surface area contributed by atoms with Crippen molar-refractivity contribution in [3.05, 3.63) is 63.6 Å². The highest BCUT2D eigenvalue weighted by atomic mass is 79.9. The van der Waals surface area contributed by atoms with Crippen molar-refractivity contribution >= 4 is 33.4 Å². The van der Waals surface area contributed by atoms with Crippen molar-refractivity contribution in [2.45, 2.75) is 58.9 Å². The van der Waals surface area contributed by atoms with E-state index in [-0.39, 0.29) is 22.8 Å². The van der Waals surface area contributed by atoms with Gasteiger partial charge in [-0.05, 0) is 75.6 Å². The summed E-state index contributed by atoms with van der Waals surface area (Å²) in [4.78, 5) is 30.6. The zero-order chi connectivity index (χ0) is 27.7. The lowest BCUT2D eigenvalue weighted by Gasteiger charge is -2.28. The van der Waals surface area contributed by atoms with Crippen molar-refractivity contribution in [3.8, 4) is 11.5 Å². The fourth-order valence-electron chi connectivity index (χ4n) is 4.76. The van der Waals surface area contributed by atoms with E-state index in [0.717, 1.165) is 49.8 Å². The van der Waals surface area contributed by atoms with Crippen LogP contribution in [0.1, 0.15) is 70.0 Å². The van der Waals surface area contributed by atoms with Gasteiger partial charge in [-0.1, -0.05) is 60.8 Å². The molecule has 0 spiro atoms. The Labute approximate surface area is 234 Å². The third kappa shape index (κ3) is 7.17. The van der Waals surface area contributed by atoms with Crippen LogP contribution in [0.25, 0.3) is 5.76 Å². The molecule has 0 aromatic heterocycles. The molecule has 1 aliphatic heterocycles. The lowest BCUT2D eigenvalue weighted by Crippen LogP contribution is -2.34. The van der Waals surface area contributed by atoms with Crippen LogP contribution in [-0.4, -0.2) is 64.5 Å². The summed E-state index contributed by atoms with van der Waals surface area (Å²) < 4.78 is 6.41. The molecule has 0 aliphatic carbocycles. The molecule has 1 aliphatic rings. The molecule has 1 atom stereocenters. The normalized spacial score (nSPS) is 17.0. The number of Topliss-reactive ketones (excluding diaryl/α,β-unsaturated/α-hetero) is 1. The molecule has 2 aromatic rings. The van der Waals surface area contributed by atoms with Gasteiger partial charge in [0.05, 0.1) is 18.2 Å². The summed E-state index contributed by atoms with van der Waals surface area (Å²) in [6.45, 7) is 9.73. The minimum Gasteiger partial charge on any atom is -0.507 e. The average Bonchev–Trinajstić information content (AvgIpc) is 3.16. The molecular formula is C30H39BrN2O5. The van der Waals surface area contributed by atoms with E-state index >= 15 is 0 Å². The summed E-state index contributed by atoms with van der Waals surface area (Å²) in [5.41, 5.74) is 1.09. The predicted molar refractivity (Wildman–Crippen MR) is 153 cm³/mol. The molecule has 7 nitrogen and oxygen atoms in total. The first-order valence-electron chi connectivity index (χ1n) is 13.5. The number of hydrogen-bond acceptors (Lipinski definition) is 6. The molecule has 206 valence electrons. The van der Waals surface area contributed by atoms with Crippen LogP contribution >= 0.6 is 15.9 Å². The third-order valence-corrected chi connectivity index (χ3v) is 7.31. The second-order valence-electron chi connectivity index (χ2n) is 9.56. The van der Waals surface area contributed by atoms with Gasteiger partial charge in [0.25, 0.3) is 11.7 Å². The van der Waals surface area contributed by atoms with E-state index in [1.54, 1.807) is 41.3 Å². The first kappa shape index (κ1) is 29.7. The minimum atomic E-state index is -0.793. The van der Waals surface area contributed by atoms with E-state index in [1.165, 1.54) is 6.07 Å². The fourth-order valence-corrected chi connectivity index (χ4v) is 5.02. The molecular weight excluding hydrogens is 548 g/mol. The number of phenolic OH excluding ortho intramolecular Hbond substituents is 1. The van der Waals surface area contributed by atoms with Crippen molar-refractivity contribution in [1.82, 2.24) is 9.80 Å². The second kappa shape index (κ2) is 14.4. The predicted octanol–water partition coefficient (Wildman–Crippen LogP) is 6.27. The molecule has 1 unspecified atom stereocenters. The number of aliphatic hydroxyl groups excluding tert-OH is 1. The fraction of sp³-hybridized carbons (Fsp3) is 0.467. The van der Waals surface area contributed by atoms with Crippen molar-refractivity contribution in [2.24, 2.45) is 0 Å². The van der Waals surface area contributed by atoms with Crippen molar-refractivity contribution in [1.29, 1.82) is 0 Å². The second-order valence-corrected chi connectivity index (χ2v) is 10.5. The Morgan fingerprint density at radius 1 is 0.974 bits per heavy atom. The summed E-state index contributed by atoms with van der Waals surface area (Å²) in [6, 6.07) is 11.0. The van der Waals surface area contributed by atoms with E-state index in [2.05, 4.69) is 34.7 Å². The Hall–Kier alpha value is -2.84. The van der Waals surface area contributed by atoms with Crippen LogP contribution < -0.4 is 4.74 Å². The average molecular weight is 588 g/mol. The maximum absolute atomic E-state index is 13.3. The van der Waals surface area contributed by atoms with Gasteiger partial charge in [-0.15, -0.1) is 0 Å². The standard InChI is InChI=1S/C30H39BrN2O5/c1-4-7-16-32(17-8-5-2)18-9-19-33-27(22-12-15-24(34)25(20-22)38-6-3)26(29(36)30(33)37)28(35)21-10-13-23(31)14-11-21/h10-15,20,27,34-35H,4-9,16-19H2,1-3H3. The van der Waals surface area contributed by atoms with Gasteiger partial charge in [-0.2, -0.15) is 0 Å². The van der Waals surface area contributed by atoms with Gasteiger partial charge in [0.2, 0.25) is 0 Å². The number of rotatable bonds is 14. The number of halogens is 1. The van der Waals surface area contributed by atoms with Gasteiger partial charge in [0.1, 0.15) is 5.76 Å². The number of amides is 1. The lowest BCUT2D eigenvalue weighted by molar-refractivity contribution is -0.140. The van der Waals surface area contributed by atoms with Crippen LogP contribution in [0.15, 0.2) is 52.5 Å². The van der Waals surface area contributed by atoms with E-state index in [4.69, 9.17) is 4.74 Å². The quantitative estimate of drug-likeness (QED) is 0.154. The monoisotopic (exact) mass is 586 g/mol. The Morgan fingerprint density at radius 2 is 1.61 bits per heavy atom. The molecule has 1 saturated heterocycles. The zero-order valence-corrected chi connectivity index (χ0v) is 24.2. The topological polar surface area (TPSA) is 90.3 Å². The number of ketones is 1. The van der Waals surface area contributed by atoms with Gasteiger partial charge in [0, 0.05) is 16.6 Å². The van der Waals surface area contributed by atoms with Crippen molar-refractivity contribution in [3.63, 3.8) is 0 Å². The number of ether oxygens (including phenoxy) is 1. The highest BCUT2D eigenvalue weighted by molar-refractivity contribution is 9.10. The molecule has 2 N–H and O–H groups in total. The molecule has 0 bridgehead atoms. The number of phenols is 1. The number of benzene rings is 2. The summed E-state index contributed by atoms with van der Waals surface area (Å²) in [5.74, 6) is -1.32. The molecule has 0 saturated carbocycles. The number of carbonyl (C=O) groups excluding carboxylic acids is 2. The van der Waals surface area contributed by atoms with Crippen LogP contribution in [0, 0.1) is 0 Å². The third-order valence-electron chi connectivity index (χ3n) is 6.79. The molecule has 2 aromatic carbocycles. The SMILES string of the molecule is CCCCN(CCCC)CCCN1C(=O)C(=O)C(=C(O)c2ccc(Br)cc2)C1c1ccc(O)c(OCC)c1. The molecule has 0 radical (unpaired) electrons. The number of aromatic hydroxyl groups is 1. The summed E-state index contributed by atoms with van der Waals surface area (Å²) in [7, 11) is 0. The Kier molecular flexibility index (Phi) is 11.2.